The summed E-state index contributed by atoms with van der Waals surface area (Å²) >= 11 is 12.9. The molecule has 0 saturated carbocycles. The summed E-state index contributed by atoms with van der Waals surface area (Å²) in [5.41, 5.74) is 2.20. The predicted octanol–water partition coefficient (Wildman–Crippen LogP) is 5.92. The number of ketones is 1. The smallest absolute Gasteiger partial charge is 0.251 e. The quantitative estimate of drug-likeness (QED) is 0.402. The van der Waals surface area contributed by atoms with Gasteiger partial charge in [-0.1, -0.05) is 23.7 Å². The average Bonchev–Trinajstić information content (AvgIpc) is 2.83. The van der Waals surface area contributed by atoms with Crippen LogP contribution in [0.25, 0.3) is 0 Å². The molecule has 1 atom stereocenters. The van der Waals surface area contributed by atoms with Crippen LogP contribution in [0.5, 0.6) is 5.75 Å². The van der Waals surface area contributed by atoms with Crippen LogP contribution in [-0.4, -0.2) is 29.3 Å². The van der Waals surface area contributed by atoms with Gasteiger partial charge in [-0.15, -0.1) is 0 Å². The number of nitrogens with zero attached hydrogens (tertiary/aromatic N) is 2. The van der Waals surface area contributed by atoms with E-state index in [1.807, 2.05) is 24.3 Å². The van der Waals surface area contributed by atoms with Crippen LogP contribution in [0.1, 0.15) is 20.7 Å². The van der Waals surface area contributed by atoms with Crippen molar-refractivity contribution in [1.29, 1.82) is 0 Å². The topological polar surface area (TPSA) is 71.5 Å². The summed E-state index contributed by atoms with van der Waals surface area (Å²) in [6.45, 7) is 0.186. The maximum atomic E-state index is 13.2. The van der Waals surface area contributed by atoms with Crippen LogP contribution in [-0.2, 0) is 0 Å². The van der Waals surface area contributed by atoms with E-state index in [0.29, 0.717) is 39.0 Å². The van der Waals surface area contributed by atoms with Gasteiger partial charge in [0.15, 0.2) is 11.6 Å². The molecule has 1 amide bonds. The second-order valence-electron chi connectivity index (χ2n) is 7.62. The molecule has 1 aromatic heterocycles. The van der Waals surface area contributed by atoms with E-state index in [9.17, 15) is 9.59 Å². The van der Waals surface area contributed by atoms with Crippen LogP contribution in [0.15, 0.2) is 93.3 Å². The SMILES string of the molecule is O=C(NCC1=C[C@@H]2Oc3ccccc3C(=O)C2=CN1c1ncc(Br)cc1Br)c1ccc(Cl)cc1. The highest BCUT2D eigenvalue weighted by Gasteiger charge is 2.35. The lowest BCUT2D eigenvalue weighted by Crippen LogP contribution is -2.39. The van der Waals surface area contributed by atoms with Gasteiger partial charge >= 0.3 is 0 Å². The molecular weight excluding hydrogens is 586 g/mol. The second kappa shape index (κ2) is 9.37. The number of para-hydroxylation sites is 1. The highest BCUT2D eigenvalue weighted by Crippen LogP contribution is 2.37. The molecule has 9 heteroatoms. The van der Waals surface area contributed by atoms with Gasteiger partial charge in [-0.3, -0.25) is 9.59 Å². The van der Waals surface area contributed by atoms with Crippen molar-refractivity contribution in [2.75, 3.05) is 11.4 Å². The normalized spacial score (nSPS) is 16.6. The summed E-state index contributed by atoms with van der Waals surface area (Å²) in [5.74, 6) is 0.756. The number of anilines is 1. The molecular formula is C25H16Br2ClN3O3. The zero-order valence-corrected chi connectivity index (χ0v) is 21.4. The molecule has 34 heavy (non-hydrogen) atoms. The Hall–Kier alpha value is -2.94. The van der Waals surface area contributed by atoms with Crippen molar-refractivity contribution in [3.63, 3.8) is 0 Å². The Bertz CT molecular complexity index is 1370. The number of carbonyl (C=O) groups is 2. The third kappa shape index (κ3) is 4.41. The number of rotatable bonds is 4. The monoisotopic (exact) mass is 599 g/mol. The molecule has 3 aromatic rings. The van der Waals surface area contributed by atoms with Crippen LogP contribution < -0.4 is 15.0 Å². The van der Waals surface area contributed by atoms with E-state index in [1.165, 1.54) is 0 Å². The van der Waals surface area contributed by atoms with E-state index in [0.717, 1.165) is 8.95 Å². The first-order valence-electron chi connectivity index (χ1n) is 10.3. The molecule has 170 valence electrons. The Morgan fingerprint density at radius 2 is 1.91 bits per heavy atom. The van der Waals surface area contributed by atoms with E-state index in [2.05, 4.69) is 42.2 Å². The number of aromatic nitrogens is 1. The van der Waals surface area contributed by atoms with Crippen molar-refractivity contribution in [3.05, 3.63) is 109 Å². The number of hydrogen-bond acceptors (Lipinski definition) is 5. The molecule has 0 fully saturated rings. The highest BCUT2D eigenvalue weighted by molar-refractivity contribution is 9.11. The Balaban J connectivity index is 1.49. The summed E-state index contributed by atoms with van der Waals surface area (Å²) < 4.78 is 7.64. The van der Waals surface area contributed by atoms with Gasteiger partial charge in [0.1, 0.15) is 11.9 Å². The minimum absolute atomic E-state index is 0.106. The molecule has 2 aromatic carbocycles. The molecule has 5 rings (SSSR count). The molecule has 6 nitrogen and oxygen atoms in total. The maximum Gasteiger partial charge on any atom is 0.251 e. The van der Waals surface area contributed by atoms with E-state index >= 15 is 0 Å². The fourth-order valence-electron chi connectivity index (χ4n) is 3.77. The van der Waals surface area contributed by atoms with Gasteiger partial charge < -0.3 is 15.0 Å². The Morgan fingerprint density at radius 1 is 1.15 bits per heavy atom. The van der Waals surface area contributed by atoms with Crippen LogP contribution in [0.4, 0.5) is 5.82 Å². The first-order chi connectivity index (χ1) is 16.4. The summed E-state index contributed by atoms with van der Waals surface area (Å²) in [6.07, 6.45) is 4.66. The lowest BCUT2D eigenvalue weighted by atomic mass is 9.93. The highest BCUT2D eigenvalue weighted by atomic mass is 79.9. The van der Waals surface area contributed by atoms with Gasteiger partial charge in [-0.25, -0.2) is 4.98 Å². The van der Waals surface area contributed by atoms with E-state index < -0.39 is 6.10 Å². The van der Waals surface area contributed by atoms with Gasteiger partial charge in [-0.05, 0) is 80.4 Å². The van der Waals surface area contributed by atoms with Gasteiger partial charge in [0, 0.05) is 33.2 Å². The van der Waals surface area contributed by atoms with Crippen LogP contribution in [0, 0.1) is 0 Å². The number of halogens is 3. The largest absolute Gasteiger partial charge is 0.481 e. The molecule has 0 spiro atoms. The van der Waals surface area contributed by atoms with Crippen molar-refractivity contribution in [3.8, 4) is 5.75 Å². The number of carbonyl (C=O) groups excluding carboxylic acids is 2. The number of amides is 1. The third-order valence-electron chi connectivity index (χ3n) is 5.43. The Morgan fingerprint density at radius 3 is 2.68 bits per heavy atom. The van der Waals surface area contributed by atoms with Gasteiger partial charge in [0.2, 0.25) is 0 Å². The van der Waals surface area contributed by atoms with Crippen LogP contribution in [0.2, 0.25) is 5.02 Å². The number of fused-ring (bicyclic) bond motifs is 2. The minimum atomic E-state index is -0.574. The summed E-state index contributed by atoms with van der Waals surface area (Å²) in [5, 5.41) is 3.49. The maximum absolute atomic E-state index is 13.2. The van der Waals surface area contributed by atoms with E-state index in [4.69, 9.17) is 16.3 Å². The van der Waals surface area contributed by atoms with Gasteiger partial charge in [-0.2, -0.15) is 0 Å². The number of pyridine rings is 1. The van der Waals surface area contributed by atoms with Gasteiger partial charge in [0.25, 0.3) is 5.91 Å². The van der Waals surface area contributed by atoms with Crippen molar-refractivity contribution in [2.24, 2.45) is 0 Å². The zero-order chi connectivity index (χ0) is 23.8. The molecule has 0 bridgehead atoms. The standard InChI is InChI=1S/C25H16Br2ClN3O3/c26-15-9-20(27)24(29-11-15)31-13-19-22(34-21-4-2-1-3-18(21)23(19)32)10-17(31)12-30-25(33)14-5-7-16(28)8-6-14/h1-11,13,22H,12H2,(H,30,33)/t22-/m0/s1. The summed E-state index contributed by atoms with van der Waals surface area (Å²) in [7, 11) is 0. The summed E-state index contributed by atoms with van der Waals surface area (Å²) in [4.78, 5) is 32.3. The first kappa shape index (κ1) is 22.8. The molecule has 0 aliphatic carbocycles. The van der Waals surface area contributed by atoms with Gasteiger partial charge in [0.05, 0.1) is 22.2 Å². The average molecular weight is 602 g/mol. The number of Topliss-reactive ketones (excluding diaryl/α,β-unsaturated/α-hetero) is 1. The van der Waals surface area contributed by atoms with Crippen molar-refractivity contribution < 1.29 is 14.3 Å². The first-order valence-corrected chi connectivity index (χ1v) is 12.2. The van der Waals surface area contributed by atoms with Crippen molar-refractivity contribution in [2.45, 2.75) is 6.10 Å². The van der Waals surface area contributed by atoms with Crippen LogP contribution in [0.3, 0.4) is 0 Å². The number of nitrogens with one attached hydrogen (secondary N) is 1. The molecule has 3 heterocycles. The molecule has 0 unspecified atom stereocenters. The lowest BCUT2D eigenvalue weighted by Gasteiger charge is -2.34. The molecule has 0 saturated heterocycles. The Labute approximate surface area is 217 Å². The zero-order valence-electron chi connectivity index (χ0n) is 17.5. The molecule has 2 aliphatic rings. The third-order valence-corrected chi connectivity index (χ3v) is 6.70. The number of benzene rings is 2. The summed E-state index contributed by atoms with van der Waals surface area (Å²) in [6, 6.07) is 15.7. The fourth-order valence-corrected chi connectivity index (χ4v) is 5.08. The predicted molar refractivity (Wildman–Crippen MR) is 137 cm³/mol. The fraction of sp³-hybridized carbons (Fsp3) is 0.0800. The molecule has 2 aliphatic heterocycles. The second-order valence-corrected chi connectivity index (χ2v) is 9.83. The number of ether oxygens (including phenoxy) is 1. The lowest BCUT2D eigenvalue weighted by molar-refractivity contribution is 0.0950. The molecule has 0 radical (unpaired) electrons. The van der Waals surface area contributed by atoms with E-state index in [1.54, 1.807) is 53.7 Å². The van der Waals surface area contributed by atoms with Crippen molar-refractivity contribution in [1.82, 2.24) is 10.3 Å². The Kier molecular flexibility index (Phi) is 6.29. The van der Waals surface area contributed by atoms with Crippen LogP contribution >= 0.6 is 43.5 Å². The minimum Gasteiger partial charge on any atom is -0.481 e. The number of hydrogen-bond donors (Lipinski definition) is 1. The van der Waals surface area contributed by atoms with E-state index in [-0.39, 0.29) is 18.2 Å². The molecule has 1 N–H and O–H groups in total. The van der Waals surface area contributed by atoms with Crippen molar-refractivity contribution >= 4 is 61.0 Å².